The maximum absolute atomic E-state index is 10.7. The molecule has 0 radical (unpaired) electrons. The molecule has 0 aromatic heterocycles. The Balaban J connectivity index is 2.41. The predicted molar refractivity (Wildman–Crippen MR) is 76.8 cm³/mol. The number of carbonyl (C=O) groups is 1. The SMILES string of the molecule is CC(C)CC(C)CNc1ccc(NC(N)=O)cc1. The number of nitrogens with two attached hydrogens (primary N) is 1. The number of hydrogen-bond donors (Lipinski definition) is 3. The van der Waals surface area contributed by atoms with Crippen LogP contribution in [0.25, 0.3) is 0 Å². The molecule has 1 atom stereocenters. The summed E-state index contributed by atoms with van der Waals surface area (Å²) in [6, 6.07) is 7.00. The topological polar surface area (TPSA) is 67.2 Å². The average molecular weight is 249 g/mol. The lowest BCUT2D eigenvalue weighted by Gasteiger charge is -2.15. The lowest BCUT2D eigenvalue weighted by molar-refractivity contribution is 0.259. The van der Waals surface area contributed by atoms with Crippen LogP contribution in [0.3, 0.4) is 0 Å². The number of hydrogen-bond acceptors (Lipinski definition) is 2. The van der Waals surface area contributed by atoms with Crippen LogP contribution in [0.5, 0.6) is 0 Å². The summed E-state index contributed by atoms with van der Waals surface area (Å²) in [6.45, 7) is 7.68. The van der Waals surface area contributed by atoms with Crippen LogP contribution in [0, 0.1) is 11.8 Å². The van der Waals surface area contributed by atoms with Crippen molar-refractivity contribution >= 4 is 17.4 Å². The fraction of sp³-hybridized carbons (Fsp3) is 0.500. The summed E-state index contributed by atoms with van der Waals surface area (Å²) in [5.41, 5.74) is 6.81. The molecule has 2 amide bonds. The highest BCUT2D eigenvalue weighted by molar-refractivity contribution is 5.87. The number of primary amides is 1. The molecule has 1 aromatic rings. The van der Waals surface area contributed by atoms with E-state index in [9.17, 15) is 4.79 Å². The Labute approximate surface area is 109 Å². The van der Waals surface area contributed by atoms with E-state index in [0.29, 0.717) is 11.6 Å². The van der Waals surface area contributed by atoms with Crippen LogP contribution in [-0.2, 0) is 0 Å². The maximum Gasteiger partial charge on any atom is 0.316 e. The molecule has 1 rings (SSSR count). The molecule has 4 N–H and O–H groups in total. The normalized spacial score (nSPS) is 12.2. The standard InChI is InChI=1S/C14H23N3O/c1-10(2)8-11(3)9-16-12-4-6-13(7-5-12)17-14(15)18/h4-7,10-11,16H,8-9H2,1-3H3,(H3,15,17,18). The van der Waals surface area contributed by atoms with E-state index in [-0.39, 0.29) is 0 Å². The average Bonchev–Trinajstić information content (AvgIpc) is 2.26. The smallest absolute Gasteiger partial charge is 0.316 e. The van der Waals surface area contributed by atoms with Crippen LogP contribution in [0.2, 0.25) is 0 Å². The van der Waals surface area contributed by atoms with E-state index in [1.807, 2.05) is 24.3 Å². The van der Waals surface area contributed by atoms with Gasteiger partial charge in [-0.15, -0.1) is 0 Å². The lowest BCUT2D eigenvalue weighted by Crippen LogP contribution is -2.19. The van der Waals surface area contributed by atoms with Crippen LogP contribution < -0.4 is 16.4 Å². The zero-order valence-corrected chi connectivity index (χ0v) is 11.4. The van der Waals surface area contributed by atoms with Crippen molar-refractivity contribution in [3.05, 3.63) is 24.3 Å². The van der Waals surface area contributed by atoms with Crippen molar-refractivity contribution in [3.8, 4) is 0 Å². The number of amides is 2. The van der Waals surface area contributed by atoms with Crippen molar-refractivity contribution in [2.45, 2.75) is 27.2 Å². The molecule has 0 fully saturated rings. The summed E-state index contributed by atoms with van der Waals surface area (Å²) in [5.74, 6) is 1.37. The van der Waals surface area contributed by atoms with Gasteiger partial charge < -0.3 is 16.4 Å². The Morgan fingerprint density at radius 1 is 1.17 bits per heavy atom. The molecular weight excluding hydrogens is 226 g/mol. The molecule has 0 aliphatic carbocycles. The molecule has 4 heteroatoms. The highest BCUT2D eigenvalue weighted by atomic mass is 16.2. The van der Waals surface area contributed by atoms with Gasteiger partial charge in [0.25, 0.3) is 0 Å². The van der Waals surface area contributed by atoms with Gasteiger partial charge in [0.15, 0.2) is 0 Å². The highest BCUT2D eigenvalue weighted by Gasteiger charge is 2.04. The van der Waals surface area contributed by atoms with Crippen molar-refractivity contribution in [3.63, 3.8) is 0 Å². The summed E-state index contributed by atoms with van der Waals surface area (Å²) in [6.07, 6.45) is 1.22. The van der Waals surface area contributed by atoms with Gasteiger partial charge in [-0.3, -0.25) is 0 Å². The summed E-state index contributed by atoms with van der Waals surface area (Å²) >= 11 is 0. The molecule has 0 bridgehead atoms. The second kappa shape index (κ2) is 6.89. The monoisotopic (exact) mass is 249 g/mol. The molecular formula is C14H23N3O. The number of anilines is 2. The molecule has 100 valence electrons. The molecule has 0 saturated heterocycles. The van der Waals surface area contributed by atoms with E-state index in [0.717, 1.165) is 18.2 Å². The molecule has 0 aliphatic rings. The summed E-state index contributed by atoms with van der Waals surface area (Å²) in [7, 11) is 0. The van der Waals surface area contributed by atoms with Gasteiger partial charge in [0, 0.05) is 17.9 Å². The number of rotatable bonds is 6. The third-order valence-electron chi connectivity index (χ3n) is 2.68. The Bertz CT molecular complexity index is 373. The molecule has 0 saturated carbocycles. The maximum atomic E-state index is 10.7. The summed E-state index contributed by atoms with van der Waals surface area (Å²) < 4.78 is 0. The zero-order chi connectivity index (χ0) is 13.5. The number of urea groups is 1. The first kappa shape index (κ1) is 14.4. The van der Waals surface area contributed by atoms with Crippen LogP contribution in [-0.4, -0.2) is 12.6 Å². The van der Waals surface area contributed by atoms with Crippen molar-refractivity contribution in [1.29, 1.82) is 0 Å². The third kappa shape index (κ3) is 5.57. The van der Waals surface area contributed by atoms with Crippen LogP contribution in [0.4, 0.5) is 16.2 Å². The fourth-order valence-corrected chi connectivity index (χ4v) is 1.99. The van der Waals surface area contributed by atoms with Crippen molar-refractivity contribution in [2.24, 2.45) is 17.6 Å². The first-order valence-corrected chi connectivity index (χ1v) is 6.37. The van der Waals surface area contributed by atoms with E-state index in [2.05, 4.69) is 31.4 Å². The predicted octanol–water partition coefficient (Wildman–Crippen LogP) is 3.27. The van der Waals surface area contributed by atoms with Crippen LogP contribution >= 0.6 is 0 Å². The highest BCUT2D eigenvalue weighted by Crippen LogP contribution is 2.15. The fourth-order valence-electron chi connectivity index (χ4n) is 1.99. The number of nitrogens with one attached hydrogen (secondary N) is 2. The van der Waals surface area contributed by atoms with E-state index in [1.165, 1.54) is 6.42 Å². The van der Waals surface area contributed by atoms with Gasteiger partial charge in [-0.2, -0.15) is 0 Å². The van der Waals surface area contributed by atoms with E-state index >= 15 is 0 Å². The lowest BCUT2D eigenvalue weighted by atomic mass is 9.99. The van der Waals surface area contributed by atoms with E-state index in [4.69, 9.17) is 5.73 Å². The molecule has 18 heavy (non-hydrogen) atoms. The van der Waals surface area contributed by atoms with Gasteiger partial charge >= 0.3 is 6.03 Å². The molecule has 4 nitrogen and oxygen atoms in total. The minimum Gasteiger partial charge on any atom is -0.385 e. The molecule has 0 aliphatic heterocycles. The Morgan fingerprint density at radius 2 is 1.72 bits per heavy atom. The number of carbonyl (C=O) groups excluding carboxylic acids is 1. The Morgan fingerprint density at radius 3 is 2.22 bits per heavy atom. The van der Waals surface area contributed by atoms with Gasteiger partial charge in [-0.1, -0.05) is 20.8 Å². The minimum absolute atomic E-state index is 0.540. The van der Waals surface area contributed by atoms with Gasteiger partial charge in [-0.25, -0.2) is 4.79 Å². The van der Waals surface area contributed by atoms with Gasteiger partial charge in [0.2, 0.25) is 0 Å². The van der Waals surface area contributed by atoms with Gasteiger partial charge in [0.1, 0.15) is 0 Å². The summed E-state index contributed by atoms with van der Waals surface area (Å²) in [5, 5.41) is 5.92. The first-order valence-electron chi connectivity index (χ1n) is 6.37. The van der Waals surface area contributed by atoms with Gasteiger partial charge in [0.05, 0.1) is 0 Å². The second-order valence-electron chi connectivity index (χ2n) is 5.18. The van der Waals surface area contributed by atoms with Crippen LogP contribution in [0.15, 0.2) is 24.3 Å². The van der Waals surface area contributed by atoms with Crippen molar-refractivity contribution in [1.82, 2.24) is 0 Å². The molecule has 1 unspecified atom stereocenters. The van der Waals surface area contributed by atoms with Crippen molar-refractivity contribution in [2.75, 3.05) is 17.2 Å². The van der Waals surface area contributed by atoms with Crippen molar-refractivity contribution < 1.29 is 4.79 Å². The first-order chi connectivity index (χ1) is 8.47. The zero-order valence-electron chi connectivity index (χ0n) is 11.4. The van der Waals surface area contributed by atoms with Gasteiger partial charge in [-0.05, 0) is 42.5 Å². The number of benzene rings is 1. The van der Waals surface area contributed by atoms with Crippen LogP contribution in [0.1, 0.15) is 27.2 Å². The molecule has 0 heterocycles. The quantitative estimate of drug-likeness (QED) is 0.724. The Hall–Kier alpha value is -1.71. The summed E-state index contributed by atoms with van der Waals surface area (Å²) in [4.78, 5) is 10.7. The third-order valence-corrected chi connectivity index (χ3v) is 2.68. The van der Waals surface area contributed by atoms with E-state index < -0.39 is 6.03 Å². The second-order valence-corrected chi connectivity index (χ2v) is 5.18. The molecule has 1 aromatic carbocycles. The largest absolute Gasteiger partial charge is 0.385 e. The minimum atomic E-state index is -0.540. The Kier molecular flexibility index (Phi) is 5.49. The molecule has 0 spiro atoms. The van der Waals surface area contributed by atoms with E-state index in [1.54, 1.807) is 0 Å².